The number of halogens is 2. The molecule has 2 unspecified atom stereocenters. The molecule has 5 nitrogen and oxygen atoms in total. The first kappa shape index (κ1) is 12.8. The molecule has 1 aromatic rings. The molecule has 0 fully saturated rings. The van der Waals surface area contributed by atoms with Gasteiger partial charge in [0.15, 0.2) is 6.29 Å². The molecule has 0 amide bonds. The summed E-state index contributed by atoms with van der Waals surface area (Å²) in [6.07, 6.45) is -1.12. The zero-order valence-electron chi connectivity index (χ0n) is 9.40. The Morgan fingerprint density at radius 2 is 2.53 bits per heavy atom. The summed E-state index contributed by atoms with van der Waals surface area (Å²) in [6.45, 7) is 0.101. The number of fused-ring (bicyclic) bond motifs is 1. The van der Waals surface area contributed by atoms with Crippen molar-refractivity contribution in [2.24, 2.45) is 0 Å². The molecule has 1 N–H and O–H groups in total. The highest BCUT2D eigenvalue weighted by atomic mass is 35.5. The number of rotatable bonds is 3. The van der Waals surface area contributed by atoms with Gasteiger partial charge in [0.1, 0.15) is 18.5 Å². The minimum Gasteiger partial charge on any atom is -0.373 e. The van der Waals surface area contributed by atoms with Crippen LogP contribution in [-0.2, 0) is 22.4 Å². The van der Waals surface area contributed by atoms with Crippen LogP contribution in [0.15, 0.2) is 0 Å². The number of alkyl halides is 1. The molecule has 17 heavy (non-hydrogen) atoms. The number of hydrogen-bond acceptors (Lipinski definition) is 4. The van der Waals surface area contributed by atoms with E-state index in [4.69, 9.17) is 21.1 Å². The second kappa shape index (κ2) is 5.30. The summed E-state index contributed by atoms with van der Waals surface area (Å²) in [6, 6.07) is 0. The maximum absolute atomic E-state index is 12.6. The molecule has 1 aromatic heterocycles. The lowest BCUT2D eigenvalue weighted by Gasteiger charge is -2.11. The molecule has 1 aliphatic heterocycles. The maximum atomic E-state index is 12.6. The van der Waals surface area contributed by atoms with Crippen LogP contribution in [0.4, 0.5) is 4.39 Å². The van der Waals surface area contributed by atoms with Crippen LogP contribution in [-0.4, -0.2) is 41.2 Å². The minimum absolute atomic E-state index is 0.218. The van der Waals surface area contributed by atoms with Gasteiger partial charge in [-0.05, 0) is 11.6 Å². The lowest BCUT2D eigenvalue weighted by molar-refractivity contribution is -0.0803. The van der Waals surface area contributed by atoms with Gasteiger partial charge in [0.05, 0.1) is 13.2 Å². The molecule has 7 heteroatoms. The van der Waals surface area contributed by atoms with E-state index in [-0.39, 0.29) is 5.28 Å². The molecule has 96 valence electrons. The number of aromatic nitrogens is 2. The lowest BCUT2D eigenvalue weighted by Crippen LogP contribution is -2.20. The molecule has 0 saturated carbocycles. The molecule has 0 saturated heterocycles. The summed E-state index contributed by atoms with van der Waals surface area (Å²) < 4.78 is 24.4. The largest absolute Gasteiger partial charge is 0.373 e. The fourth-order valence-corrected chi connectivity index (χ4v) is 2.17. The zero-order chi connectivity index (χ0) is 12.4. The van der Waals surface area contributed by atoms with E-state index in [2.05, 4.69) is 4.98 Å². The second-order valence-corrected chi connectivity index (χ2v) is 4.15. The predicted molar refractivity (Wildman–Crippen MR) is 58.6 cm³/mol. The molecule has 0 radical (unpaired) electrons. The van der Waals surface area contributed by atoms with E-state index in [1.165, 1.54) is 7.11 Å². The van der Waals surface area contributed by atoms with Gasteiger partial charge in [0.2, 0.25) is 5.28 Å². The van der Waals surface area contributed by atoms with Crippen LogP contribution in [0.5, 0.6) is 0 Å². The quantitative estimate of drug-likeness (QED) is 0.830. The van der Waals surface area contributed by atoms with E-state index in [1.807, 2.05) is 0 Å². The van der Waals surface area contributed by atoms with Crippen molar-refractivity contribution in [3.8, 4) is 0 Å². The molecule has 0 aliphatic carbocycles. The summed E-state index contributed by atoms with van der Waals surface area (Å²) in [4.78, 5) is 4.05. The number of imidazole rings is 1. The van der Waals surface area contributed by atoms with Crippen LogP contribution >= 0.6 is 11.6 Å². The van der Waals surface area contributed by atoms with E-state index in [0.29, 0.717) is 25.3 Å². The smallest absolute Gasteiger partial charge is 0.203 e. The predicted octanol–water partition coefficient (Wildman–Crippen LogP) is 1.08. The molecule has 0 bridgehead atoms. The van der Waals surface area contributed by atoms with Gasteiger partial charge in [0, 0.05) is 19.2 Å². The summed E-state index contributed by atoms with van der Waals surface area (Å²) >= 11 is 5.97. The Balaban J connectivity index is 2.35. The van der Waals surface area contributed by atoms with Crippen LogP contribution < -0.4 is 0 Å². The molecule has 0 aromatic carbocycles. The second-order valence-electron chi connectivity index (χ2n) is 3.81. The Hall–Kier alpha value is -0.690. The van der Waals surface area contributed by atoms with Crippen LogP contribution in [0.2, 0.25) is 5.28 Å². The number of hydrogen-bond donors (Lipinski definition) is 1. The van der Waals surface area contributed by atoms with Crippen molar-refractivity contribution in [1.82, 2.24) is 9.55 Å². The molecule has 2 rings (SSSR count). The van der Waals surface area contributed by atoms with E-state index in [1.54, 1.807) is 4.57 Å². The highest BCUT2D eigenvalue weighted by molar-refractivity contribution is 6.28. The minimum atomic E-state index is -1.12. The first-order chi connectivity index (χ1) is 8.17. The van der Waals surface area contributed by atoms with E-state index in [0.717, 1.165) is 5.69 Å². The third-order valence-electron chi connectivity index (χ3n) is 2.76. The van der Waals surface area contributed by atoms with Crippen LogP contribution in [0.25, 0.3) is 0 Å². The lowest BCUT2D eigenvalue weighted by atomic mass is 10.2. The third-order valence-corrected chi connectivity index (χ3v) is 3.05. The molecule has 1 aliphatic rings. The molecule has 2 atom stereocenters. The van der Waals surface area contributed by atoms with Gasteiger partial charge < -0.3 is 19.1 Å². The summed E-state index contributed by atoms with van der Waals surface area (Å²) in [5.41, 5.74) is 1.11. The number of aliphatic hydroxyl groups is 1. The van der Waals surface area contributed by atoms with Crippen molar-refractivity contribution in [3.05, 3.63) is 16.7 Å². The number of nitrogens with zero attached hydrogens (tertiary/aromatic N) is 2. The summed E-state index contributed by atoms with van der Waals surface area (Å²) in [7, 11) is 1.38. The highest BCUT2D eigenvalue weighted by Gasteiger charge is 2.26. The Morgan fingerprint density at radius 3 is 3.18 bits per heavy atom. The number of ether oxygens (including phenoxy) is 2. The fourth-order valence-electron chi connectivity index (χ4n) is 1.90. The zero-order valence-corrected chi connectivity index (χ0v) is 10.2. The molecule has 2 heterocycles. The van der Waals surface area contributed by atoms with Crippen molar-refractivity contribution < 1.29 is 19.0 Å². The third kappa shape index (κ3) is 2.44. The maximum Gasteiger partial charge on any atom is 0.203 e. The van der Waals surface area contributed by atoms with Gasteiger partial charge >= 0.3 is 0 Å². The monoisotopic (exact) mass is 264 g/mol. The van der Waals surface area contributed by atoms with E-state index < -0.39 is 19.1 Å². The van der Waals surface area contributed by atoms with Gasteiger partial charge in [-0.3, -0.25) is 0 Å². The molecular weight excluding hydrogens is 251 g/mol. The highest BCUT2D eigenvalue weighted by Crippen LogP contribution is 2.25. The van der Waals surface area contributed by atoms with Crippen molar-refractivity contribution in [2.75, 3.05) is 20.4 Å². The number of aliphatic hydroxyl groups excluding tert-OH is 1. The summed E-state index contributed by atoms with van der Waals surface area (Å²) in [5.74, 6) is 0. The Kier molecular flexibility index (Phi) is 3.98. The van der Waals surface area contributed by atoms with Crippen molar-refractivity contribution in [3.63, 3.8) is 0 Å². The Morgan fingerprint density at radius 1 is 1.76 bits per heavy atom. The SMILES string of the molecule is COC(O)c1nc(Cl)n2c1CCOC(CF)C2. The fraction of sp³-hybridized carbons (Fsp3) is 0.700. The molecular formula is C10H14ClFN2O3. The Labute approximate surface area is 103 Å². The van der Waals surface area contributed by atoms with E-state index in [9.17, 15) is 9.50 Å². The van der Waals surface area contributed by atoms with Gasteiger partial charge in [-0.1, -0.05) is 0 Å². The van der Waals surface area contributed by atoms with Crippen LogP contribution in [0.1, 0.15) is 17.7 Å². The van der Waals surface area contributed by atoms with Gasteiger partial charge in [-0.15, -0.1) is 0 Å². The van der Waals surface area contributed by atoms with Crippen molar-refractivity contribution in [2.45, 2.75) is 25.4 Å². The van der Waals surface area contributed by atoms with E-state index >= 15 is 0 Å². The average Bonchev–Trinajstić information content (AvgIpc) is 2.55. The normalized spacial score (nSPS) is 22.0. The number of methoxy groups -OCH3 is 1. The topological polar surface area (TPSA) is 56.5 Å². The van der Waals surface area contributed by atoms with Crippen LogP contribution in [0.3, 0.4) is 0 Å². The average molecular weight is 265 g/mol. The Bertz CT molecular complexity index is 399. The standard InChI is InChI=1S/C10H14ClFN2O3/c1-16-9(15)8-7-2-3-17-6(4-12)5-14(7)10(11)13-8/h6,9,15H,2-5H2,1H3. The molecule has 0 spiro atoms. The van der Waals surface area contributed by atoms with Crippen molar-refractivity contribution in [1.29, 1.82) is 0 Å². The van der Waals surface area contributed by atoms with Crippen LogP contribution in [0, 0.1) is 0 Å². The van der Waals surface area contributed by atoms with Gasteiger partial charge in [-0.25, -0.2) is 9.37 Å². The first-order valence-corrected chi connectivity index (χ1v) is 5.68. The van der Waals surface area contributed by atoms with Gasteiger partial charge in [0.25, 0.3) is 0 Å². The van der Waals surface area contributed by atoms with Crippen molar-refractivity contribution >= 4 is 11.6 Å². The summed E-state index contributed by atoms with van der Waals surface area (Å²) in [5, 5.41) is 9.86. The first-order valence-electron chi connectivity index (χ1n) is 5.30. The van der Waals surface area contributed by atoms with Gasteiger partial charge in [-0.2, -0.15) is 0 Å².